The summed E-state index contributed by atoms with van der Waals surface area (Å²) in [5, 5.41) is 8.87. The van der Waals surface area contributed by atoms with E-state index in [0.29, 0.717) is 19.7 Å². The number of hydrogen-bond acceptors (Lipinski definition) is 3. The van der Waals surface area contributed by atoms with Crippen LogP contribution < -0.4 is 5.73 Å². The van der Waals surface area contributed by atoms with E-state index in [0.717, 1.165) is 10.0 Å². The predicted octanol–water partition coefficient (Wildman–Crippen LogP) is 1.66. The van der Waals surface area contributed by atoms with Crippen LogP contribution in [0.4, 0.5) is 4.79 Å². The Morgan fingerprint density at radius 3 is 2.67 bits per heavy atom. The van der Waals surface area contributed by atoms with E-state index in [1.165, 1.54) is 4.90 Å². The standard InChI is InChI=1S/C12H15BrN2O3/c13-9-3-1-8(2-4-9)7-18-11-6-15(12(16)17)5-10(11)14/h1-4,10-11H,5-7,14H2,(H,16,17)/t10-,11-/m0/s1. The molecule has 6 heteroatoms. The van der Waals surface area contributed by atoms with Crippen LogP contribution in [0, 0.1) is 0 Å². The number of amides is 1. The van der Waals surface area contributed by atoms with Crippen LogP contribution in [-0.4, -0.2) is 41.3 Å². The Labute approximate surface area is 114 Å². The lowest BCUT2D eigenvalue weighted by Crippen LogP contribution is -2.35. The van der Waals surface area contributed by atoms with E-state index in [9.17, 15) is 4.79 Å². The fraction of sp³-hybridized carbons (Fsp3) is 0.417. The second kappa shape index (κ2) is 5.69. The maximum atomic E-state index is 10.8. The molecule has 0 aromatic heterocycles. The van der Waals surface area contributed by atoms with Gasteiger partial charge in [-0.2, -0.15) is 0 Å². The molecule has 1 aromatic rings. The van der Waals surface area contributed by atoms with Gasteiger partial charge in [-0.3, -0.25) is 0 Å². The third-order valence-corrected chi connectivity index (χ3v) is 3.49. The Bertz CT molecular complexity index is 424. The van der Waals surface area contributed by atoms with Gasteiger partial charge in [-0.05, 0) is 17.7 Å². The van der Waals surface area contributed by atoms with Gasteiger partial charge in [-0.25, -0.2) is 4.79 Å². The van der Waals surface area contributed by atoms with E-state index < -0.39 is 6.09 Å². The summed E-state index contributed by atoms with van der Waals surface area (Å²) in [5.41, 5.74) is 6.90. The second-order valence-electron chi connectivity index (χ2n) is 4.33. The highest BCUT2D eigenvalue weighted by molar-refractivity contribution is 9.10. The lowest BCUT2D eigenvalue weighted by Gasteiger charge is -2.15. The number of likely N-dealkylation sites (tertiary alicyclic amines) is 1. The van der Waals surface area contributed by atoms with Crippen LogP contribution in [0.25, 0.3) is 0 Å². The molecule has 2 atom stereocenters. The number of rotatable bonds is 3. The lowest BCUT2D eigenvalue weighted by molar-refractivity contribution is 0.0388. The van der Waals surface area contributed by atoms with Crippen molar-refractivity contribution >= 4 is 22.0 Å². The Hall–Kier alpha value is -1.11. The molecule has 0 aliphatic carbocycles. The highest BCUT2D eigenvalue weighted by Gasteiger charge is 2.33. The van der Waals surface area contributed by atoms with Crippen molar-refractivity contribution < 1.29 is 14.6 Å². The van der Waals surface area contributed by atoms with Crippen LogP contribution in [0.5, 0.6) is 0 Å². The molecule has 1 aromatic carbocycles. The molecular weight excluding hydrogens is 300 g/mol. The smallest absolute Gasteiger partial charge is 0.407 e. The van der Waals surface area contributed by atoms with Crippen LogP contribution in [0.3, 0.4) is 0 Å². The van der Waals surface area contributed by atoms with Crippen molar-refractivity contribution in [1.82, 2.24) is 4.90 Å². The average Bonchev–Trinajstić information content (AvgIpc) is 2.70. The fourth-order valence-corrected chi connectivity index (χ4v) is 2.18. The zero-order chi connectivity index (χ0) is 13.1. The van der Waals surface area contributed by atoms with Gasteiger partial charge in [0.05, 0.1) is 25.3 Å². The largest absolute Gasteiger partial charge is 0.465 e. The minimum Gasteiger partial charge on any atom is -0.465 e. The van der Waals surface area contributed by atoms with Gasteiger partial charge in [0.2, 0.25) is 0 Å². The van der Waals surface area contributed by atoms with Crippen LogP contribution in [0.1, 0.15) is 5.56 Å². The predicted molar refractivity (Wildman–Crippen MR) is 70.3 cm³/mol. The summed E-state index contributed by atoms with van der Waals surface area (Å²) in [4.78, 5) is 12.1. The zero-order valence-electron chi connectivity index (χ0n) is 9.75. The normalized spacial score (nSPS) is 23.3. The lowest BCUT2D eigenvalue weighted by atomic mass is 10.2. The number of ether oxygens (including phenoxy) is 1. The van der Waals surface area contributed by atoms with Crippen molar-refractivity contribution in [2.45, 2.75) is 18.8 Å². The molecule has 1 aliphatic heterocycles. The van der Waals surface area contributed by atoms with Gasteiger partial charge in [0, 0.05) is 11.0 Å². The molecule has 3 N–H and O–H groups in total. The zero-order valence-corrected chi connectivity index (χ0v) is 11.3. The van der Waals surface area contributed by atoms with E-state index in [1.807, 2.05) is 24.3 Å². The molecule has 0 saturated carbocycles. The summed E-state index contributed by atoms with van der Waals surface area (Å²) in [6, 6.07) is 7.55. The highest BCUT2D eigenvalue weighted by atomic mass is 79.9. The summed E-state index contributed by atoms with van der Waals surface area (Å²) < 4.78 is 6.69. The minimum absolute atomic E-state index is 0.232. The second-order valence-corrected chi connectivity index (χ2v) is 5.24. The summed E-state index contributed by atoms with van der Waals surface area (Å²) in [6.45, 7) is 1.12. The van der Waals surface area contributed by atoms with Crippen molar-refractivity contribution in [3.8, 4) is 0 Å². The molecule has 0 radical (unpaired) electrons. The van der Waals surface area contributed by atoms with Crippen LogP contribution in [0.2, 0.25) is 0 Å². The monoisotopic (exact) mass is 314 g/mol. The maximum Gasteiger partial charge on any atom is 0.407 e. The summed E-state index contributed by atoms with van der Waals surface area (Å²) in [5.74, 6) is 0. The van der Waals surface area contributed by atoms with Crippen molar-refractivity contribution in [1.29, 1.82) is 0 Å². The molecule has 2 rings (SSSR count). The first-order chi connectivity index (χ1) is 8.56. The van der Waals surface area contributed by atoms with Crippen LogP contribution in [0.15, 0.2) is 28.7 Å². The number of nitrogens with two attached hydrogens (primary N) is 1. The Morgan fingerprint density at radius 1 is 1.44 bits per heavy atom. The first kappa shape index (κ1) is 13.3. The Balaban J connectivity index is 1.87. The fourth-order valence-electron chi connectivity index (χ4n) is 1.92. The number of nitrogens with zero attached hydrogens (tertiary/aromatic N) is 1. The van der Waals surface area contributed by atoms with Gasteiger partial charge >= 0.3 is 6.09 Å². The third kappa shape index (κ3) is 3.22. The molecule has 1 heterocycles. The highest BCUT2D eigenvalue weighted by Crippen LogP contribution is 2.16. The molecule has 0 unspecified atom stereocenters. The Morgan fingerprint density at radius 2 is 2.11 bits per heavy atom. The number of carbonyl (C=O) groups is 1. The molecule has 1 fully saturated rings. The van der Waals surface area contributed by atoms with E-state index in [4.69, 9.17) is 15.6 Å². The molecule has 0 spiro atoms. The molecule has 1 saturated heterocycles. The molecule has 1 aliphatic rings. The van der Waals surface area contributed by atoms with E-state index in [2.05, 4.69) is 15.9 Å². The SMILES string of the molecule is N[C@H]1CN(C(=O)O)C[C@@H]1OCc1ccc(Br)cc1. The van der Waals surface area contributed by atoms with Gasteiger partial charge in [-0.1, -0.05) is 28.1 Å². The van der Waals surface area contributed by atoms with Crippen molar-refractivity contribution in [2.24, 2.45) is 5.73 Å². The van der Waals surface area contributed by atoms with Gasteiger partial charge in [0.1, 0.15) is 0 Å². The van der Waals surface area contributed by atoms with E-state index in [1.54, 1.807) is 0 Å². The Kier molecular flexibility index (Phi) is 4.21. The number of carboxylic acid groups (broad SMARTS) is 1. The molecule has 18 heavy (non-hydrogen) atoms. The van der Waals surface area contributed by atoms with Crippen molar-refractivity contribution in [3.63, 3.8) is 0 Å². The van der Waals surface area contributed by atoms with Gasteiger partial charge in [0.15, 0.2) is 0 Å². The summed E-state index contributed by atoms with van der Waals surface area (Å²) >= 11 is 3.36. The summed E-state index contributed by atoms with van der Waals surface area (Å²) in [7, 11) is 0. The average molecular weight is 315 g/mol. The number of halogens is 1. The first-order valence-electron chi connectivity index (χ1n) is 5.66. The van der Waals surface area contributed by atoms with Gasteiger partial charge in [-0.15, -0.1) is 0 Å². The third-order valence-electron chi connectivity index (χ3n) is 2.96. The molecule has 0 bridgehead atoms. The topological polar surface area (TPSA) is 75.8 Å². The van der Waals surface area contributed by atoms with E-state index in [-0.39, 0.29) is 12.1 Å². The van der Waals surface area contributed by atoms with Crippen LogP contribution in [-0.2, 0) is 11.3 Å². The molecule has 98 valence electrons. The minimum atomic E-state index is -0.944. The quantitative estimate of drug-likeness (QED) is 0.889. The van der Waals surface area contributed by atoms with E-state index >= 15 is 0 Å². The molecule has 1 amide bonds. The van der Waals surface area contributed by atoms with Crippen molar-refractivity contribution in [2.75, 3.05) is 13.1 Å². The maximum absolute atomic E-state index is 10.8. The van der Waals surface area contributed by atoms with Crippen LogP contribution >= 0.6 is 15.9 Å². The van der Waals surface area contributed by atoms with Crippen molar-refractivity contribution in [3.05, 3.63) is 34.3 Å². The first-order valence-corrected chi connectivity index (χ1v) is 6.45. The molecular formula is C12H15BrN2O3. The van der Waals surface area contributed by atoms with Gasteiger partial charge in [0.25, 0.3) is 0 Å². The summed E-state index contributed by atoms with van der Waals surface area (Å²) in [6.07, 6.45) is -1.18. The molecule has 5 nitrogen and oxygen atoms in total. The van der Waals surface area contributed by atoms with Gasteiger partial charge < -0.3 is 20.5 Å². The number of benzene rings is 1. The number of hydrogen-bond donors (Lipinski definition) is 2.